The molecule has 0 saturated carbocycles. The summed E-state index contributed by atoms with van der Waals surface area (Å²) >= 11 is 5.73. The van der Waals surface area contributed by atoms with Gasteiger partial charge in [-0.05, 0) is 20.8 Å². The first-order valence-electron chi connectivity index (χ1n) is 6.42. The fourth-order valence-electron chi connectivity index (χ4n) is 1.63. The molecule has 22 heavy (non-hydrogen) atoms. The molecule has 0 aliphatic rings. The van der Waals surface area contributed by atoms with E-state index in [1.54, 1.807) is 6.92 Å². The van der Waals surface area contributed by atoms with Crippen molar-refractivity contribution >= 4 is 23.5 Å². The largest absolute Gasteiger partial charge is 0.463 e. The van der Waals surface area contributed by atoms with Gasteiger partial charge in [-0.3, -0.25) is 9.48 Å². The first kappa shape index (κ1) is 18.1. The maximum atomic E-state index is 12.7. The van der Waals surface area contributed by atoms with E-state index in [4.69, 9.17) is 16.3 Å². The minimum absolute atomic E-state index is 0.165. The molecule has 0 spiro atoms. The highest BCUT2D eigenvalue weighted by Crippen LogP contribution is 2.28. The Kier molecular flexibility index (Phi) is 6.48. The number of nitrogens with one attached hydrogen (secondary N) is 1. The standard InChI is InChI=1S/C13H16ClF2N3O3/c1-4-22-10(21)5-7(2)17-9(20)6-19-8(3)11(14)12(18-19)13(15)16/h5,13H,4,6H2,1-3H3,(H,17,20)/b7-5+. The summed E-state index contributed by atoms with van der Waals surface area (Å²) < 4.78 is 31.1. The summed E-state index contributed by atoms with van der Waals surface area (Å²) in [5.41, 5.74) is -0.0293. The van der Waals surface area contributed by atoms with Crippen molar-refractivity contribution in [3.63, 3.8) is 0 Å². The van der Waals surface area contributed by atoms with Crippen molar-refractivity contribution in [2.24, 2.45) is 0 Å². The van der Waals surface area contributed by atoms with Gasteiger partial charge in [0, 0.05) is 11.8 Å². The van der Waals surface area contributed by atoms with Crippen LogP contribution in [-0.2, 0) is 20.9 Å². The van der Waals surface area contributed by atoms with Crippen LogP contribution in [0.4, 0.5) is 8.78 Å². The van der Waals surface area contributed by atoms with Crippen LogP contribution in [0, 0.1) is 6.92 Å². The highest BCUT2D eigenvalue weighted by Gasteiger charge is 2.21. The van der Waals surface area contributed by atoms with Crippen molar-refractivity contribution in [1.82, 2.24) is 15.1 Å². The molecule has 1 rings (SSSR count). The van der Waals surface area contributed by atoms with E-state index in [-0.39, 0.29) is 29.6 Å². The quantitative estimate of drug-likeness (QED) is 0.640. The minimum Gasteiger partial charge on any atom is -0.463 e. The van der Waals surface area contributed by atoms with Crippen LogP contribution in [0.1, 0.15) is 31.7 Å². The molecule has 1 heterocycles. The zero-order chi connectivity index (χ0) is 16.9. The smallest absolute Gasteiger partial charge is 0.332 e. The van der Waals surface area contributed by atoms with Gasteiger partial charge < -0.3 is 10.1 Å². The number of esters is 1. The SMILES string of the molecule is CCOC(=O)/C=C(\C)NC(=O)Cn1nc(C(F)F)c(Cl)c1C. The van der Waals surface area contributed by atoms with Crippen molar-refractivity contribution in [3.05, 3.63) is 28.2 Å². The third kappa shape index (κ3) is 4.80. The maximum absolute atomic E-state index is 12.7. The van der Waals surface area contributed by atoms with E-state index >= 15 is 0 Å². The van der Waals surface area contributed by atoms with Gasteiger partial charge in [0.05, 0.1) is 17.3 Å². The van der Waals surface area contributed by atoms with E-state index in [9.17, 15) is 18.4 Å². The average Bonchev–Trinajstić information content (AvgIpc) is 2.67. The Balaban J connectivity index is 2.74. The van der Waals surface area contributed by atoms with Gasteiger partial charge in [0.15, 0.2) is 0 Å². The summed E-state index contributed by atoms with van der Waals surface area (Å²) in [4.78, 5) is 23.0. The lowest BCUT2D eigenvalue weighted by molar-refractivity contribution is -0.137. The molecule has 0 bridgehead atoms. The van der Waals surface area contributed by atoms with Gasteiger partial charge in [0.2, 0.25) is 5.91 Å². The Morgan fingerprint density at radius 1 is 1.50 bits per heavy atom. The Bertz CT molecular complexity index is 600. The number of rotatable bonds is 6. The van der Waals surface area contributed by atoms with Crippen molar-refractivity contribution < 1.29 is 23.1 Å². The zero-order valence-electron chi connectivity index (χ0n) is 12.3. The molecular formula is C13H16ClF2N3O3. The minimum atomic E-state index is -2.82. The van der Waals surface area contributed by atoms with E-state index in [2.05, 4.69) is 10.4 Å². The molecule has 9 heteroatoms. The lowest BCUT2D eigenvalue weighted by atomic mass is 10.3. The number of alkyl halides is 2. The third-order valence-corrected chi connectivity index (χ3v) is 3.08. The number of ether oxygens (including phenoxy) is 1. The lowest BCUT2D eigenvalue weighted by Gasteiger charge is -2.07. The fraction of sp³-hybridized carbons (Fsp3) is 0.462. The van der Waals surface area contributed by atoms with Crippen molar-refractivity contribution in [2.45, 2.75) is 33.7 Å². The summed E-state index contributed by atoms with van der Waals surface area (Å²) in [6.45, 7) is 4.56. The first-order valence-corrected chi connectivity index (χ1v) is 6.79. The molecule has 1 aromatic rings. The maximum Gasteiger partial charge on any atom is 0.332 e. The van der Waals surface area contributed by atoms with Crippen LogP contribution in [0.15, 0.2) is 11.8 Å². The molecule has 0 radical (unpaired) electrons. The number of hydrogen-bond acceptors (Lipinski definition) is 4. The predicted molar refractivity (Wildman–Crippen MR) is 75.5 cm³/mol. The molecule has 0 unspecified atom stereocenters. The number of aromatic nitrogens is 2. The van der Waals surface area contributed by atoms with Gasteiger partial charge in [-0.2, -0.15) is 5.10 Å². The second kappa shape index (κ2) is 7.88. The number of hydrogen-bond donors (Lipinski definition) is 1. The summed E-state index contributed by atoms with van der Waals surface area (Å²) in [5.74, 6) is -1.11. The lowest BCUT2D eigenvalue weighted by Crippen LogP contribution is -2.27. The van der Waals surface area contributed by atoms with E-state index in [1.807, 2.05) is 0 Å². The van der Waals surface area contributed by atoms with Crippen LogP contribution in [-0.4, -0.2) is 28.3 Å². The van der Waals surface area contributed by atoms with Gasteiger partial charge in [0.1, 0.15) is 12.2 Å². The highest BCUT2D eigenvalue weighted by atomic mass is 35.5. The molecule has 0 saturated heterocycles. The Hall–Kier alpha value is -1.96. The van der Waals surface area contributed by atoms with Gasteiger partial charge in [0.25, 0.3) is 6.43 Å². The fourth-order valence-corrected chi connectivity index (χ4v) is 1.85. The number of carbonyl (C=O) groups is 2. The summed E-state index contributed by atoms with van der Waals surface area (Å²) in [6, 6.07) is 0. The Morgan fingerprint density at radius 2 is 2.14 bits per heavy atom. The van der Waals surface area contributed by atoms with Crippen LogP contribution in [0.5, 0.6) is 0 Å². The third-order valence-electron chi connectivity index (χ3n) is 2.62. The average molecular weight is 336 g/mol. The van der Waals surface area contributed by atoms with Crippen LogP contribution in [0.3, 0.4) is 0 Å². The molecule has 6 nitrogen and oxygen atoms in total. The summed E-state index contributed by atoms with van der Waals surface area (Å²) in [5, 5.41) is 5.88. The number of halogens is 3. The topological polar surface area (TPSA) is 73.2 Å². The molecule has 0 aromatic carbocycles. The van der Waals surface area contributed by atoms with Gasteiger partial charge in [-0.1, -0.05) is 11.6 Å². The van der Waals surface area contributed by atoms with Crippen LogP contribution in [0.25, 0.3) is 0 Å². The van der Waals surface area contributed by atoms with E-state index in [1.165, 1.54) is 13.8 Å². The monoisotopic (exact) mass is 335 g/mol. The van der Waals surface area contributed by atoms with E-state index in [0.717, 1.165) is 10.8 Å². The zero-order valence-corrected chi connectivity index (χ0v) is 13.1. The molecule has 0 aliphatic carbocycles. The van der Waals surface area contributed by atoms with E-state index in [0.29, 0.717) is 0 Å². The van der Waals surface area contributed by atoms with Crippen LogP contribution < -0.4 is 5.32 Å². The molecule has 1 amide bonds. The second-order valence-corrected chi connectivity index (χ2v) is 4.75. The molecule has 0 atom stereocenters. The number of carbonyl (C=O) groups excluding carboxylic acids is 2. The summed E-state index contributed by atoms with van der Waals surface area (Å²) in [7, 11) is 0. The van der Waals surface area contributed by atoms with Crippen LogP contribution >= 0.6 is 11.6 Å². The molecule has 0 aliphatic heterocycles. The van der Waals surface area contributed by atoms with Crippen molar-refractivity contribution in [2.75, 3.05) is 6.61 Å². The predicted octanol–water partition coefficient (Wildman–Crippen LogP) is 2.37. The number of allylic oxidation sites excluding steroid dienone is 1. The molecular weight excluding hydrogens is 320 g/mol. The molecule has 0 fully saturated rings. The normalized spacial score (nSPS) is 11.7. The number of amides is 1. The van der Waals surface area contributed by atoms with E-state index < -0.39 is 24.0 Å². The molecule has 1 aromatic heterocycles. The second-order valence-electron chi connectivity index (χ2n) is 4.37. The molecule has 122 valence electrons. The highest BCUT2D eigenvalue weighted by molar-refractivity contribution is 6.31. The van der Waals surface area contributed by atoms with Crippen molar-refractivity contribution in [3.8, 4) is 0 Å². The molecule has 1 N–H and O–H groups in total. The number of nitrogens with zero attached hydrogens (tertiary/aromatic N) is 2. The van der Waals surface area contributed by atoms with Gasteiger partial charge >= 0.3 is 5.97 Å². The van der Waals surface area contributed by atoms with Gasteiger partial charge in [-0.25, -0.2) is 13.6 Å². The Morgan fingerprint density at radius 3 is 2.64 bits per heavy atom. The summed E-state index contributed by atoms with van der Waals surface area (Å²) in [6.07, 6.45) is -1.70. The van der Waals surface area contributed by atoms with Crippen molar-refractivity contribution in [1.29, 1.82) is 0 Å². The Labute approximate surface area is 131 Å². The van der Waals surface area contributed by atoms with Crippen LogP contribution in [0.2, 0.25) is 5.02 Å². The van der Waals surface area contributed by atoms with Gasteiger partial charge in [-0.15, -0.1) is 0 Å². The first-order chi connectivity index (χ1) is 10.3.